The van der Waals surface area contributed by atoms with E-state index in [1.807, 2.05) is 4.90 Å². The van der Waals surface area contributed by atoms with Gasteiger partial charge in [-0.3, -0.25) is 4.79 Å². The van der Waals surface area contributed by atoms with Gasteiger partial charge in [-0.1, -0.05) is 24.3 Å². The lowest BCUT2D eigenvalue weighted by molar-refractivity contribution is 0.0714. The van der Waals surface area contributed by atoms with Crippen LogP contribution in [0.2, 0.25) is 0 Å². The van der Waals surface area contributed by atoms with Gasteiger partial charge in [-0.15, -0.1) is 0 Å². The third-order valence-electron chi connectivity index (χ3n) is 4.42. The number of aryl methyl sites for hydroxylation is 1. The van der Waals surface area contributed by atoms with Crippen LogP contribution in [0.5, 0.6) is 0 Å². The van der Waals surface area contributed by atoms with Gasteiger partial charge in [0.2, 0.25) is 0 Å². The molecule has 3 aromatic rings. The van der Waals surface area contributed by atoms with E-state index in [1.54, 1.807) is 23.5 Å². The molecule has 4 rings (SSSR count). The second-order valence-electron chi connectivity index (χ2n) is 5.91. The molecule has 1 aliphatic rings. The number of nitrogens with zero attached hydrogens (tertiary/aromatic N) is 3. The van der Waals surface area contributed by atoms with Gasteiger partial charge in [0.1, 0.15) is 0 Å². The lowest BCUT2D eigenvalue weighted by Gasteiger charge is -2.34. The van der Waals surface area contributed by atoms with Gasteiger partial charge in [-0.2, -0.15) is 0 Å². The maximum absolute atomic E-state index is 12.3. The molecule has 0 atom stereocenters. The smallest absolute Gasteiger partial charge is 0.289 e. The first kappa shape index (κ1) is 15.2. The summed E-state index contributed by atoms with van der Waals surface area (Å²) < 4.78 is 6.44. The van der Waals surface area contributed by atoms with Crippen LogP contribution >= 0.6 is 11.3 Å². The molecule has 0 bridgehead atoms. The number of rotatable bonds is 3. The summed E-state index contributed by atoms with van der Waals surface area (Å²) >= 11 is 1.73. The topological polar surface area (TPSA) is 49.6 Å². The van der Waals surface area contributed by atoms with Gasteiger partial charge in [-0.05, 0) is 36.2 Å². The summed E-state index contributed by atoms with van der Waals surface area (Å²) in [5, 5.41) is 1.04. The van der Waals surface area contributed by atoms with Gasteiger partial charge in [0.25, 0.3) is 5.91 Å². The maximum Gasteiger partial charge on any atom is 0.289 e. The summed E-state index contributed by atoms with van der Waals surface area (Å²) in [7, 11) is 0. The minimum absolute atomic E-state index is 0.0310. The fourth-order valence-corrected chi connectivity index (χ4v) is 4.05. The average molecular weight is 341 g/mol. The molecule has 1 amide bonds. The molecule has 2 aromatic heterocycles. The van der Waals surface area contributed by atoms with Gasteiger partial charge in [0.15, 0.2) is 10.9 Å². The minimum Gasteiger partial charge on any atom is -0.459 e. The van der Waals surface area contributed by atoms with E-state index in [2.05, 4.69) is 30.0 Å². The molecule has 1 fully saturated rings. The van der Waals surface area contributed by atoms with Crippen LogP contribution in [0.4, 0.5) is 5.13 Å². The predicted octanol–water partition coefficient (Wildman–Crippen LogP) is 3.41. The van der Waals surface area contributed by atoms with Crippen molar-refractivity contribution < 1.29 is 9.21 Å². The van der Waals surface area contributed by atoms with Crippen molar-refractivity contribution in [3.05, 3.63) is 47.9 Å². The summed E-state index contributed by atoms with van der Waals surface area (Å²) in [6.45, 7) is 5.14. The number of carbonyl (C=O) groups is 1. The highest BCUT2D eigenvalue weighted by Gasteiger charge is 2.25. The van der Waals surface area contributed by atoms with Crippen LogP contribution in [0.1, 0.15) is 23.0 Å². The molecule has 6 heteroatoms. The van der Waals surface area contributed by atoms with Crippen molar-refractivity contribution in [2.24, 2.45) is 0 Å². The Bertz CT molecular complexity index is 848. The van der Waals surface area contributed by atoms with Crippen molar-refractivity contribution in [3.8, 4) is 0 Å². The summed E-state index contributed by atoms with van der Waals surface area (Å²) in [5.74, 6) is 0.382. The zero-order valence-corrected chi connectivity index (χ0v) is 14.4. The van der Waals surface area contributed by atoms with Crippen molar-refractivity contribution in [3.63, 3.8) is 0 Å². The Morgan fingerprint density at radius 3 is 2.79 bits per heavy atom. The molecule has 24 heavy (non-hydrogen) atoms. The summed E-state index contributed by atoms with van der Waals surface area (Å²) in [6.07, 6.45) is 2.58. The van der Waals surface area contributed by atoms with E-state index in [-0.39, 0.29) is 5.91 Å². The highest BCUT2D eigenvalue weighted by Crippen LogP contribution is 2.30. The van der Waals surface area contributed by atoms with E-state index in [0.717, 1.165) is 30.2 Å². The van der Waals surface area contributed by atoms with E-state index < -0.39 is 0 Å². The van der Waals surface area contributed by atoms with Crippen molar-refractivity contribution >= 4 is 32.6 Å². The van der Waals surface area contributed by atoms with Crippen molar-refractivity contribution in [1.29, 1.82) is 0 Å². The Morgan fingerprint density at radius 2 is 2.08 bits per heavy atom. The van der Waals surface area contributed by atoms with E-state index in [0.29, 0.717) is 18.8 Å². The molecule has 3 heterocycles. The first-order valence-electron chi connectivity index (χ1n) is 8.22. The molecule has 0 unspecified atom stereocenters. The molecule has 5 nitrogen and oxygen atoms in total. The Labute approximate surface area is 144 Å². The zero-order valence-electron chi connectivity index (χ0n) is 13.6. The number of benzene rings is 1. The van der Waals surface area contributed by atoms with Crippen molar-refractivity contribution in [2.75, 3.05) is 31.1 Å². The molecule has 1 aliphatic heterocycles. The molecule has 1 aromatic carbocycles. The second-order valence-corrected chi connectivity index (χ2v) is 6.92. The van der Waals surface area contributed by atoms with E-state index in [1.165, 1.54) is 16.5 Å². The SMILES string of the molecule is CCc1ccc2nc(N3CCN(C(=O)c4ccco4)CC3)sc2c1. The molecule has 1 saturated heterocycles. The first-order chi connectivity index (χ1) is 11.7. The minimum atomic E-state index is -0.0310. The number of anilines is 1. The highest BCUT2D eigenvalue weighted by atomic mass is 32.1. The van der Waals surface area contributed by atoms with Crippen LogP contribution in [-0.4, -0.2) is 42.0 Å². The lowest BCUT2D eigenvalue weighted by atomic mass is 10.2. The Balaban J connectivity index is 1.46. The molecule has 0 radical (unpaired) electrons. The Hall–Kier alpha value is -2.34. The van der Waals surface area contributed by atoms with Gasteiger partial charge in [-0.25, -0.2) is 4.98 Å². The second kappa shape index (κ2) is 6.28. The van der Waals surface area contributed by atoms with Gasteiger partial charge >= 0.3 is 0 Å². The van der Waals surface area contributed by atoms with E-state index >= 15 is 0 Å². The standard InChI is InChI=1S/C18H19N3O2S/c1-2-13-5-6-14-16(12-13)24-18(19-14)21-9-7-20(8-10-21)17(22)15-4-3-11-23-15/h3-6,11-12H,2,7-10H2,1H3. The Morgan fingerprint density at radius 1 is 1.25 bits per heavy atom. The van der Waals surface area contributed by atoms with Crippen LogP contribution in [0.3, 0.4) is 0 Å². The van der Waals surface area contributed by atoms with Crippen LogP contribution < -0.4 is 4.90 Å². The van der Waals surface area contributed by atoms with E-state index in [9.17, 15) is 4.79 Å². The first-order valence-corrected chi connectivity index (χ1v) is 9.03. The summed E-state index contributed by atoms with van der Waals surface area (Å²) in [4.78, 5) is 21.2. The lowest BCUT2D eigenvalue weighted by Crippen LogP contribution is -2.48. The highest BCUT2D eigenvalue weighted by molar-refractivity contribution is 7.22. The number of furan rings is 1. The van der Waals surface area contributed by atoms with Crippen LogP contribution in [0.25, 0.3) is 10.2 Å². The number of fused-ring (bicyclic) bond motifs is 1. The van der Waals surface area contributed by atoms with Gasteiger partial charge in [0.05, 0.1) is 16.5 Å². The predicted molar refractivity (Wildman–Crippen MR) is 95.8 cm³/mol. The number of hydrogen-bond acceptors (Lipinski definition) is 5. The number of piperazine rings is 1. The van der Waals surface area contributed by atoms with E-state index in [4.69, 9.17) is 9.40 Å². The molecule has 124 valence electrons. The normalized spacial score (nSPS) is 15.2. The molecule has 0 aliphatic carbocycles. The number of hydrogen-bond donors (Lipinski definition) is 0. The maximum atomic E-state index is 12.3. The third-order valence-corrected chi connectivity index (χ3v) is 5.50. The van der Waals surface area contributed by atoms with Crippen molar-refractivity contribution in [1.82, 2.24) is 9.88 Å². The summed E-state index contributed by atoms with van der Waals surface area (Å²) in [5.41, 5.74) is 2.40. The number of carbonyl (C=O) groups excluding carboxylic acids is 1. The van der Waals surface area contributed by atoms with Crippen LogP contribution in [0, 0.1) is 0 Å². The average Bonchev–Trinajstić information content (AvgIpc) is 3.30. The summed E-state index contributed by atoms with van der Waals surface area (Å²) in [6, 6.07) is 9.94. The third kappa shape index (κ3) is 2.78. The molecule has 0 N–H and O–H groups in total. The molecule has 0 saturated carbocycles. The molecule has 0 spiro atoms. The van der Waals surface area contributed by atoms with Gasteiger partial charge in [0, 0.05) is 26.2 Å². The largest absolute Gasteiger partial charge is 0.459 e. The van der Waals surface area contributed by atoms with Gasteiger partial charge < -0.3 is 14.2 Å². The van der Waals surface area contributed by atoms with Crippen molar-refractivity contribution in [2.45, 2.75) is 13.3 Å². The van der Waals surface area contributed by atoms with Crippen LogP contribution in [-0.2, 0) is 6.42 Å². The fourth-order valence-electron chi connectivity index (χ4n) is 2.97. The monoisotopic (exact) mass is 341 g/mol. The quantitative estimate of drug-likeness (QED) is 0.732. The molecular weight excluding hydrogens is 322 g/mol. The number of amides is 1. The Kier molecular flexibility index (Phi) is 3.98. The number of aromatic nitrogens is 1. The molecular formula is C18H19N3O2S. The zero-order chi connectivity index (χ0) is 16.5. The van der Waals surface area contributed by atoms with Crippen LogP contribution in [0.15, 0.2) is 41.0 Å². The fraction of sp³-hybridized carbons (Fsp3) is 0.333. The number of thiazole rings is 1.